The maximum Gasteiger partial charge on any atom is 0.411 e. The SMILES string of the molecule is C#Cc1ccccc1CN(C(=O)CNC(=O)C1=C/C=C\C(NC(=O)O[C@@H]2CC/C=C/CCC2)=C/C=C1)c1ccccc1C. The first-order valence-electron chi connectivity index (χ1n) is 14.5. The molecule has 7 heteroatoms. The van der Waals surface area contributed by atoms with Crippen LogP contribution in [-0.2, 0) is 20.9 Å². The van der Waals surface area contributed by atoms with Crippen LogP contribution in [-0.4, -0.2) is 30.6 Å². The van der Waals surface area contributed by atoms with Crippen LogP contribution < -0.4 is 15.5 Å². The Morgan fingerprint density at radius 1 is 0.977 bits per heavy atom. The Kier molecular flexibility index (Phi) is 11.3. The molecule has 0 aliphatic heterocycles. The lowest BCUT2D eigenvalue weighted by molar-refractivity contribution is -0.122. The lowest BCUT2D eigenvalue weighted by Gasteiger charge is -2.25. The van der Waals surface area contributed by atoms with Gasteiger partial charge in [-0.3, -0.25) is 14.9 Å². The van der Waals surface area contributed by atoms with Gasteiger partial charge in [0.15, 0.2) is 0 Å². The average Bonchev–Trinajstić information content (AvgIpc) is 2.97. The first kappa shape index (κ1) is 30.9. The second kappa shape index (κ2) is 15.8. The normalized spacial score (nSPS) is 18.9. The molecule has 4 rings (SSSR count). The number of hydrogen-bond donors (Lipinski definition) is 2. The van der Waals surface area contributed by atoms with Gasteiger partial charge in [-0.1, -0.05) is 66.6 Å². The summed E-state index contributed by atoms with van der Waals surface area (Å²) in [5, 5.41) is 5.51. The van der Waals surface area contributed by atoms with E-state index in [2.05, 4.69) is 28.7 Å². The standard InChI is InChI=1S/C36H37N3O4/c1-3-28-16-10-11-17-30(28)26-39(33-24-12-9-15-27(33)2)34(40)25-37-35(41)29-18-13-20-31(21-14-19-29)38-36(42)43-32-22-7-5-4-6-8-23-32/h1,4-5,9-21,24,32H,6-8,22-23,25-26H2,2H3,(H,37,41)(H,38,42)/b5-4+,18-13?,19-14?,20-13-,21-14?,29-18?,29-19?,31-20?,31-21+/t32-/m1/s1. The number of aryl methyl sites for hydroxylation is 1. The minimum atomic E-state index is -0.497. The van der Waals surface area contributed by atoms with Gasteiger partial charge in [-0.05, 0) is 86.6 Å². The molecular formula is C36H37N3O4. The van der Waals surface area contributed by atoms with Crippen molar-refractivity contribution in [2.75, 3.05) is 11.4 Å². The molecule has 220 valence electrons. The zero-order valence-corrected chi connectivity index (χ0v) is 24.4. The lowest BCUT2D eigenvalue weighted by atomic mass is 10.0. The van der Waals surface area contributed by atoms with Gasteiger partial charge < -0.3 is 15.0 Å². The lowest BCUT2D eigenvalue weighted by Crippen LogP contribution is -2.40. The molecule has 0 heterocycles. The van der Waals surface area contributed by atoms with Gasteiger partial charge in [-0.15, -0.1) is 6.42 Å². The highest BCUT2D eigenvalue weighted by Gasteiger charge is 2.20. The van der Waals surface area contributed by atoms with E-state index in [1.165, 1.54) is 0 Å². The van der Waals surface area contributed by atoms with E-state index in [1.807, 2.05) is 55.5 Å². The van der Waals surface area contributed by atoms with E-state index in [1.54, 1.807) is 41.4 Å². The molecule has 0 bridgehead atoms. The fourth-order valence-corrected chi connectivity index (χ4v) is 4.90. The predicted octanol–water partition coefficient (Wildman–Crippen LogP) is 6.18. The summed E-state index contributed by atoms with van der Waals surface area (Å²) in [6.07, 6.45) is 23.9. The van der Waals surface area contributed by atoms with E-state index < -0.39 is 12.0 Å². The Morgan fingerprint density at radius 2 is 1.74 bits per heavy atom. The number of benzene rings is 2. The van der Waals surface area contributed by atoms with Crippen molar-refractivity contribution in [1.82, 2.24) is 10.6 Å². The van der Waals surface area contributed by atoms with E-state index in [-0.39, 0.29) is 25.1 Å². The summed E-state index contributed by atoms with van der Waals surface area (Å²) in [7, 11) is 0. The van der Waals surface area contributed by atoms with Crippen molar-refractivity contribution in [3.05, 3.63) is 125 Å². The quantitative estimate of drug-likeness (QED) is 0.291. The number of hydrogen-bond acceptors (Lipinski definition) is 4. The number of carbonyl (C=O) groups is 3. The number of alkyl carbamates (subject to hydrolysis) is 1. The first-order chi connectivity index (χ1) is 20.9. The topological polar surface area (TPSA) is 87.7 Å². The molecule has 3 amide bonds. The Balaban J connectivity index is 1.35. The van der Waals surface area contributed by atoms with Crippen LogP contribution in [0, 0.1) is 19.3 Å². The van der Waals surface area contributed by atoms with Crippen LogP contribution in [0.25, 0.3) is 0 Å². The Morgan fingerprint density at radius 3 is 2.58 bits per heavy atom. The Bertz CT molecular complexity index is 1520. The van der Waals surface area contributed by atoms with Crippen molar-refractivity contribution < 1.29 is 19.1 Å². The fourth-order valence-electron chi connectivity index (χ4n) is 4.90. The largest absolute Gasteiger partial charge is 0.446 e. The highest BCUT2D eigenvalue weighted by atomic mass is 16.6. The van der Waals surface area contributed by atoms with Crippen LogP contribution >= 0.6 is 0 Å². The average molecular weight is 576 g/mol. The van der Waals surface area contributed by atoms with Crippen molar-refractivity contribution >= 4 is 23.6 Å². The summed E-state index contributed by atoms with van der Waals surface area (Å²) in [6.45, 7) is 2.00. The molecule has 2 aromatic rings. The maximum atomic E-state index is 13.5. The number of amides is 3. The molecule has 1 atom stereocenters. The number of para-hydroxylation sites is 1. The van der Waals surface area contributed by atoms with E-state index in [4.69, 9.17) is 11.2 Å². The molecule has 0 saturated carbocycles. The van der Waals surface area contributed by atoms with Gasteiger partial charge in [0.05, 0.1) is 13.1 Å². The van der Waals surface area contributed by atoms with Gasteiger partial charge in [-0.25, -0.2) is 4.79 Å². The monoisotopic (exact) mass is 575 g/mol. The highest BCUT2D eigenvalue weighted by molar-refractivity contribution is 6.01. The minimum Gasteiger partial charge on any atom is -0.446 e. The highest BCUT2D eigenvalue weighted by Crippen LogP contribution is 2.23. The van der Waals surface area contributed by atoms with Crippen molar-refractivity contribution in [1.29, 1.82) is 0 Å². The van der Waals surface area contributed by atoms with E-state index in [0.717, 1.165) is 48.9 Å². The van der Waals surface area contributed by atoms with Crippen LogP contribution in [0.3, 0.4) is 0 Å². The minimum absolute atomic E-state index is 0.106. The van der Waals surface area contributed by atoms with Gasteiger partial charge in [-0.2, -0.15) is 0 Å². The summed E-state index contributed by atoms with van der Waals surface area (Å²) < 4.78 is 5.62. The third kappa shape index (κ3) is 9.20. The summed E-state index contributed by atoms with van der Waals surface area (Å²) in [4.78, 5) is 40.6. The molecule has 2 aliphatic rings. The Labute approximate surface area is 253 Å². The molecule has 0 spiro atoms. The smallest absolute Gasteiger partial charge is 0.411 e. The molecular weight excluding hydrogens is 538 g/mol. The maximum absolute atomic E-state index is 13.5. The molecule has 0 saturated heterocycles. The van der Waals surface area contributed by atoms with E-state index in [0.29, 0.717) is 16.8 Å². The van der Waals surface area contributed by atoms with Gasteiger partial charge in [0.1, 0.15) is 6.10 Å². The molecule has 2 N–H and O–H groups in total. The second-order valence-corrected chi connectivity index (χ2v) is 10.3. The number of nitrogens with zero attached hydrogens (tertiary/aromatic N) is 1. The molecule has 0 aromatic heterocycles. The number of carbonyl (C=O) groups excluding carboxylic acids is 3. The molecule has 0 radical (unpaired) electrons. The predicted molar refractivity (Wildman–Crippen MR) is 170 cm³/mol. The summed E-state index contributed by atoms with van der Waals surface area (Å²) >= 11 is 0. The third-order valence-electron chi connectivity index (χ3n) is 7.21. The van der Waals surface area contributed by atoms with Crippen LogP contribution in [0.15, 0.2) is 108 Å². The van der Waals surface area contributed by atoms with Crippen molar-refractivity contribution in [3.63, 3.8) is 0 Å². The van der Waals surface area contributed by atoms with Crippen LogP contribution in [0.4, 0.5) is 10.5 Å². The molecule has 2 aliphatic carbocycles. The first-order valence-corrected chi connectivity index (χ1v) is 14.5. The van der Waals surface area contributed by atoms with Crippen molar-refractivity contribution in [2.45, 2.75) is 51.7 Å². The van der Waals surface area contributed by atoms with Crippen LogP contribution in [0.2, 0.25) is 0 Å². The fraction of sp³-hybridized carbons (Fsp3) is 0.250. The van der Waals surface area contributed by atoms with E-state index >= 15 is 0 Å². The summed E-state index contributed by atoms with van der Waals surface area (Å²) in [5.41, 5.74) is 4.13. The van der Waals surface area contributed by atoms with Crippen molar-refractivity contribution in [2.24, 2.45) is 0 Å². The molecule has 7 nitrogen and oxygen atoms in total. The number of terminal acetylenes is 1. The third-order valence-corrected chi connectivity index (χ3v) is 7.21. The molecule has 0 unspecified atom stereocenters. The second-order valence-electron chi connectivity index (χ2n) is 10.3. The van der Waals surface area contributed by atoms with Crippen LogP contribution in [0.5, 0.6) is 0 Å². The number of allylic oxidation sites excluding steroid dienone is 7. The summed E-state index contributed by atoms with van der Waals surface area (Å²) in [5.74, 6) is 2.01. The Hall–Kier alpha value is -5.09. The van der Waals surface area contributed by atoms with Gasteiger partial charge in [0.25, 0.3) is 5.91 Å². The number of anilines is 1. The zero-order valence-electron chi connectivity index (χ0n) is 24.4. The molecule has 0 fully saturated rings. The van der Waals surface area contributed by atoms with Crippen molar-refractivity contribution in [3.8, 4) is 12.3 Å². The van der Waals surface area contributed by atoms with Gasteiger partial charge >= 0.3 is 6.09 Å². The molecule has 2 aromatic carbocycles. The van der Waals surface area contributed by atoms with E-state index in [9.17, 15) is 14.4 Å². The van der Waals surface area contributed by atoms with Crippen LogP contribution in [0.1, 0.15) is 48.8 Å². The number of rotatable bonds is 8. The zero-order chi connectivity index (χ0) is 30.4. The number of ether oxygens (including phenoxy) is 1. The van der Waals surface area contributed by atoms with Gasteiger partial charge in [0, 0.05) is 22.5 Å². The summed E-state index contributed by atoms with van der Waals surface area (Å²) in [6, 6.07) is 15.1. The van der Waals surface area contributed by atoms with Gasteiger partial charge in [0.2, 0.25) is 5.91 Å². The molecule has 43 heavy (non-hydrogen) atoms. The number of nitrogens with one attached hydrogen (secondary N) is 2.